The highest BCUT2D eigenvalue weighted by molar-refractivity contribution is 5.00. The van der Waals surface area contributed by atoms with Crippen LogP contribution in [-0.2, 0) is 4.74 Å². The predicted molar refractivity (Wildman–Crippen MR) is 80.5 cm³/mol. The smallest absolute Gasteiger partial charge is 0.0471 e. The first-order valence-corrected chi connectivity index (χ1v) is 7.80. The quantitative estimate of drug-likeness (QED) is 0.825. The highest BCUT2D eigenvalue weighted by Gasteiger charge is 2.38. The summed E-state index contributed by atoms with van der Waals surface area (Å²) in [5.74, 6) is 0. The third-order valence-electron chi connectivity index (χ3n) is 4.71. The molecule has 0 aromatic carbocycles. The minimum Gasteiger partial charge on any atom is -0.381 e. The lowest BCUT2D eigenvalue weighted by Gasteiger charge is -2.47. The van der Waals surface area contributed by atoms with E-state index in [2.05, 4.69) is 45.3 Å². The van der Waals surface area contributed by atoms with E-state index in [1.165, 1.54) is 25.7 Å². The summed E-state index contributed by atoms with van der Waals surface area (Å²) in [6, 6.07) is 0.630. The van der Waals surface area contributed by atoms with Gasteiger partial charge in [-0.3, -0.25) is 0 Å². The van der Waals surface area contributed by atoms with E-state index in [0.29, 0.717) is 11.5 Å². The first-order valence-electron chi connectivity index (χ1n) is 7.80. The first-order chi connectivity index (χ1) is 8.70. The van der Waals surface area contributed by atoms with Gasteiger partial charge in [-0.05, 0) is 58.8 Å². The van der Waals surface area contributed by atoms with Gasteiger partial charge in [-0.1, -0.05) is 6.92 Å². The Morgan fingerprint density at radius 3 is 2.05 bits per heavy atom. The molecular formula is C16H32N2O. The summed E-state index contributed by atoms with van der Waals surface area (Å²) >= 11 is 0. The zero-order chi connectivity index (χ0) is 14.1. The van der Waals surface area contributed by atoms with Crippen molar-refractivity contribution >= 4 is 0 Å². The van der Waals surface area contributed by atoms with Gasteiger partial charge in [0, 0.05) is 36.9 Å². The summed E-state index contributed by atoms with van der Waals surface area (Å²) in [6.07, 6.45) is 4.81. The fraction of sp³-hybridized carbons (Fsp3) is 1.00. The maximum atomic E-state index is 5.49. The fourth-order valence-electron chi connectivity index (χ4n) is 3.90. The zero-order valence-electron chi connectivity index (χ0n) is 13.4. The van der Waals surface area contributed by atoms with E-state index in [1.807, 2.05) is 0 Å². The van der Waals surface area contributed by atoms with Crippen LogP contribution in [0.4, 0.5) is 0 Å². The van der Waals surface area contributed by atoms with E-state index in [0.717, 1.165) is 19.8 Å². The van der Waals surface area contributed by atoms with Crippen LogP contribution in [0.15, 0.2) is 0 Å². The van der Waals surface area contributed by atoms with Crippen LogP contribution in [0.3, 0.4) is 0 Å². The van der Waals surface area contributed by atoms with E-state index in [1.54, 1.807) is 0 Å². The van der Waals surface area contributed by atoms with Gasteiger partial charge in [0.15, 0.2) is 0 Å². The average Bonchev–Trinajstić information content (AvgIpc) is 2.23. The van der Waals surface area contributed by atoms with Crippen LogP contribution in [0.5, 0.6) is 0 Å². The molecule has 0 unspecified atom stereocenters. The Morgan fingerprint density at radius 1 is 1.00 bits per heavy atom. The zero-order valence-corrected chi connectivity index (χ0v) is 13.4. The van der Waals surface area contributed by atoms with Crippen LogP contribution in [-0.4, -0.2) is 36.9 Å². The molecule has 0 saturated carbocycles. The van der Waals surface area contributed by atoms with Gasteiger partial charge < -0.3 is 15.4 Å². The van der Waals surface area contributed by atoms with E-state index in [4.69, 9.17) is 4.74 Å². The van der Waals surface area contributed by atoms with E-state index in [-0.39, 0.29) is 11.1 Å². The molecule has 0 aromatic rings. The highest BCUT2D eigenvalue weighted by atomic mass is 16.5. The Bertz CT molecular complexity index is 290. The van der Waals surface area contributed by atoms with Gasteiger partial charge in [-0.15, -0.1) is 0 Å². The SMILES string of the molecule is CC1(CNC2CC(C)(C)NC(C)(C)C2)CCOCC1. The molecule has 0 bridgehead atoms. The lowest BCUT2D eigenvalue weighted by molar-refractivity contribution is 0.0201. The summed E-state index contributed by atoms with van der Waals surface area (Å²) in [6.45, 7) is 14.7. The van der Waals surface area contributed by atoms with Crippen LogP contribution in [0, 0.1) is 5.41 Å². The number of hydrogen-bond acceptors (Lipinski definition) is 3. The summed E-state index contributed by atoms with van der Waals surface area (Å²) in [5.41, 5.74) is 0.892. The van der Waals surface area contributed by atoms with Crippen molar-refractivity contribution in [1.29, 1.82) is 0 Å². The minimum absolute atomic E-state index is 0.232. The molecule has 2 aliphatic rings. The Kier molecular flexibility index (Phi) is 4.29. The molecule has 2 saturated heterocycles. The number of hydrogen-bond donors (Lipinski definition) is 2. The molecule has 0 atom stereocenters. The monoisotopic (exact) mass is 268 g/mol. The van der Waals surface area contributed by atoms with E-state index >= 15 is 0 Å². The largest absolute Gasteiger partial charge is 0.381 e. The molecule has 2 aliphatic heterocycles. The van der Waals surface area contributed by atoms with E-state index < -0.39 is 0 Å². The van der Waals surface area contributed by atoms with Crippen LogP contribution >= 0.6 is 0 Å². The van der Waals surface area contributed by atoms with Crippen molar-refractivity contribution in [2.45, 2.75) is 77.4 Å². The van der Waals surface area contributed by atoms with Crippen LogP contribution in [0.25, 0.3) is 0 Å². The maximum absolute atomic E-state index is 5.49. The Hall–Kier alpha value is -0.120. The standard InChI is InChI=1S/C16H32N2O/c1-14(2)10-13(11-15(3,4)18-14)17-12-16(5)6-8-19-9-7-16/h13,17-18H,6-12H2,1-5H3. The molecule has 2 N–H and O–H groups in total. The molecule has 112 valence electrons. The first kappa shape index (κ1) is 15.3. The molecule has 0 amide bonds. The Balaban J connectivity index is 1.88. The van der Waals surface area contributed by atoms with Crippen molar-refractivity contribution in [3.05, 3.63) is 0 Å². The van der Waals surface area contributed by atoms with Crippen molar-refractivity contribution in [1.82, 2.24) is 10.6 Å². The summed E-state index contributed by atoms with van der Waals surface area (Å²) in [5, 5.41) is 7.60. The van der Waals surface area contributed by atoms with Gasteiger partial charge in [-0.25, -0.2) is 0 Å². The minimum atomic E-state index is 0.232. The molecule has 2 rings (SSSR count). The normalized spacial score (nSPS) is 30.2. The summed E-state index contributed by atoms with van der Waals surface area (Å²) < 4.78 is 5.49. The molecule has 2 fully saturated rings. The third kappa shape index (κ3) is 4.44. The lowest BCUT2D eigenvalue weighted by atomic mass is 9.78. The molecule has 3 nitrogen and oxygen atoms in total. The Morgan fingerprint density at radius 2 is 1.53 bits per heavy atom. The molecule has 0 radical (unpaired) electrons. The number of ether oxygens (including phenoxy) is 1. The fourth-order valence-corrected chi connectivity index (χ4v) is 3.90. The summed E-state index contributed by atoms with van der Waals surface area (Å²) in [7, 11) is 0. The summed E-state index contributed by atoms with van der Waals surface area (Å²) in [4.78, 5) is 0. The number of nitrogens with one attached hydrogen (secondary N) is 2. The molecule has 3 heteroatoms. The molecule has 0 aliphatic carbocycles. The molecule has 0 spiro atoms. The number of rotatable bonds is 3. The second-order valence-electron chi connectivity index (χ2n) is 8.30. The molecule has 0 aromatic heterocycles. The van der Waals surface area contributed by atoms with Gasteiger partial charge in [0.25, 0.3) is 0 Å². The second kappa shape index (κ2) is 5.34. The predicted octanol–water partition coefficient (Wildman–Crippen LogP) is 2.70. The average molecular weight is 268 g/mol. The lowest BCUT2D eigenvalue weighted by Crippen LogP contribution is -2.62. The third-order valence-corrected chi connectivity index (χ3v) is 4.71. The van der Waals surface area contributed by atoms with Crippen molar-refractivity contribution in [2.24, 2.45) is 5.41 Å². The van der Waals surface area contributed by atoms with Crippen molar-refractivity contribution in [3.63, 3.8) is 0 Å². The topological polar surface area (TPSA) is 33.3 Å². The van der Waals surface area contributed by atoms with Gasteiger partial charge in [0.1, 0.15) is 0 Å². The van der Waals surface area contributed by atoms with Crippen LogP contribution in [0.2, 0.25) is 0 Å². The Labute approximate surface area is 118 Å². The van der Waals surface area contributed by atoms with Crippen molar-refractivity contribution < 1.29 is 4.74 Å². The second-order valence-corrected chi connectivity index (χ2v) is 8.30. The van der Waals surface area contributed by atoms with Gasteiger partial charge in [0.2, 0.25) is 0 Å². The van der Waals surface area contributed by atoms with Crippen molar-refractivity contribution in [2.75, 3.05) is 19.8 Å². The molecular weight excluding hydrogens is 236 g/mol. The highest BCUT2D eigenvalue weighted by Crippen LogP contribution is 2.32. The number of piperidine rings is 1. The van der Waals surface area contributed by atoms with Crippen molar-refractivity contribution in [3.8, 4) is 0 Å². The van der Waals surface area contributed by atoms with Gasteiger partial charge in [-0.2, -0.15) is 0 Å². The van der Waals surface area contributed by atoms with E-state index in [9.17, 15) is 0 Å². The van der Waals surface area contributed by atoms with Crippen LogP contribution in [0.1, 0.15) is 60.3 Å². The van der Waals surface area contributed by atoms with Crippen LogP contribution < -0.4 is 10.6 Å². The van der Waals surface area contributed by atoms with Gasteiger partial charge >= 0.3 is 0 Å². The maximum Gasteiger partial charge on any atom is 0.0471 e. The van der Waals surface area contributed by atoms with Gasteiger partial charge in [0.05, 0.1) is 0 Å². The molecule has 2 heterocycles. The molecule has 19 heavy (non-hydrogen) atoms.